The quantitative estimate of drug-likeness (QED) is 0.588. The van der Waals surface area contributed by atoms with E-state index in [1.54, 1.807) is 28.9 Å². The maximum atomic E-state index is 12.5. The lowest BCUT2D eigenvalue weighted by Crippen LogP contribution is -2.50. The molecule has 1 saturated heterocycles. The van der Waals surface area contributed by atoms with Crippen LogP contribution in [-0.2, 0) is 19.6 Å². The molecule has 0 radical (unpaired) electrons. The Bertz CT molecular complexity index is 856. The van der Waals surface area contributed by atoms with Crippen LogP contribution in [0.25, 0.3) is 0 Å². The van der Waals surface area contributed by atoms with E-state index in [2.05, 4.69) is 0 Å². The van der Waals surface area contributed by atoms with E-state index in [0.29, 0.717) is 55.7 Å². The molecule has 0 spiro atoms. The molecule has 0 aliphatic carbocycles. The van der Waals surface area contributed by atoms with Crippen LogP contribution in [0.1, 0.15) is 19.8 Å². The van der Waals surface area contributed by atoms with Crippen LogP contribution in [0.3, 0.4) is 0 Å². The number of sulfonamides is 1. The monoisotopic (exact) mass is 461 g/mol. The summed E-state index contributed by atoms with van der Waals surface area (Å²) in [5, 5.41) is 0.305. The number of hydrogen-bond acceptors (Lipinski definition) is 6. The zero-order valence-electron chi connectivity index (χ0n) is 17.5. The first-order chi connectivity index (χ1) is 14.2. The number of halogens is 1. The van der Waals surface area contributed by atoms with E-state index in [4.69, 9.17) is 21.1 Å². The normalized spacial score (nSPS) is 14.4. The zero-order chi connectivity index (χ0) is 22.3. The average molecular weight is 462 g/mol. The van der Waals surface area contributed by atoms with Crippen molar-refractivity contribution < 1.29 is 27.5 Å². The maximum absolute atomic E-state index is 12.5. The third kappa shape index (κ3) is 6.40. The minimum atomic E-state index is -3.55. The van der Waals surface area contributed by atoms with Gasteiger partial charge in [0.1, 0.15) is 5.75 Å². The van der Waals surface area contributed by atoms with Gasteiger partial charge in [0, 0.05) is 39.1 Å². The summed E-state index contributed by atoms with van der Waals surface area (Å²) in [6, 6.07) is 4.74. The average Bonchev–Trinajstić information content (AvgIpc) is 2.70. The summed E-state index contributed by atoms with van der Waals surface area (Å²) in [6.07, 6.45) is 1.30. The third-order valence-corrected chi connectivity index (χ3v) is 6.22. The van der Waals surface area contributed by atoms with Crippen LogP contribution in [0.5, 0.6) is 5.75 Å². The van der Waals surface area contributed by atoms with Crippen molar-refractivity contribution in [1.82, 2.24) is 9.80 Å². The van der Waals surface area contributed by atoms with E-state index in [1.165, 1.54) is 17.5 Å². The van der Waals surface area contributed by atoms with Gasteiger partial charge in [-0.25, -0.2) is 13.2 Å². The van der Waals surface area contributed by atoms with E-state index >= 15 is 0 Å². The van der Waals surface area contributed by atoms with Crippen molar-refractivity contribution in [2.45, 2.75) is 19.8 Å². The van der Waals surface area contributed by atoms with Crippen LogP contribution in [0, 0.1) is 0 Å². The number of methoxy groups -OCH3 is 1. The van der Waals surface area contributed by atoms with Gasteiger partial charge in [-0.05, 0) is 31.5 Å². The molecule has 0 bridgehead atoms. The Labute approximate surface area is 182 Å². The molecule has 0 saturated carbocycles. The van der Waals surface area contributed by atoms with E-state index in [-0.39, 0.29) is 25.0 Å². The number of amides is 2. The summed E-state index contributed by atoms with van der Waals surface area (Å²) in [5.41, 5.74) is 0.416. The van der Waals surface area contributed by atoms with Gasteiger partial charge in [-0.1, -0.05) is 11.6 Å². The number of nitrogens with zero attached hydrogens (tertiary/aromatic N) is 3. The molecule has 168 valence electrons. The standard InChI is InChI=1S/C19H28ClN3O6S/c1-4-29-19(25)22-12-10-21(11-13-22)18(24)6-5-9-23(30(3,26)27)15-7-8-17(28-2)16(20)14-15/h7-8,14H,4-6,9-13H2,1-3H3. The van der Waals surface area contributed by atoms with Crippen molar-refractivity contribution >= 4 is 39.3 Å². The highest BCUT2D eigenvalue weighted by atomic mass is 35.5. The van der Waals surface area contributed by atoms with Gasteiger partial charge in [-0.15, -0.1) is 0 Å². The summed E-state index contributed by atoms with van der Waals surface area (Å²) in [4.78, 5) is 27.5. The first kappa shape index (κ1) is 24.1. The largest absolute Gasteiger partial charge is 0.495 e. The lowest BCUT2D eigenvalue weighted by atomic mass is 10.2. The van der Waals surface area contributed by atoms with E-state index in [0.717, 1.165) is 6.26 Å². The molecule has 0 unspecified atom stereocenters. The van der Waals surface area contributed by atoms with Gasteiger partial charge in [0.15, 0.2) is 0 Å². The number of piperazine rings is 1. The van der Waals surface area contributed by atoms with Crippen LogP contribution in [0.2, 0.25) is 5.02 Å². The molecule has 2 amide bonds. The molecule has 1 aromatic carbocycles. The first-order valence-corrected chi connectivity index (χ1v) is 11.9. The van der Waals surface area contributed by atoms with Gasteiger partial charge in [0.05, 0.1) is 30.7 Å². The Balaban J connectivity index is 1.91. The Morgan fingerprint density at radius 2 is 1.80 bits per heavy atom. The molecule has 2 rings (SSSR count). The molecule has 1 aliphatic rings. The predicted octanol–water partition coefficient (Wildman–Crippen LogP) is 2.20. The van der Waals surface area contributed by atoms with E-state index < -0.39 is 10.0 Å². The number of carbonyl (C=O) groups excluding carboxylic acids is 2. The number of anilines is 1. The fraction of sp³-hybridized carbons (Fsp3) is 0.579. The smallest absolute Gasteiger partial charge is 0.409 e. The van der Waals surface area contributed by atoms with Gasteiger partial charge in [-0.3, -0.25) is 9.10 Å². The van der Waals surface area contributed by atoms with Gasteiger partial charge < -0.3 is 19.3 Å². The van der Waals surface area contributed by atoms with Gasteiger partial charge in [0.25, 0.3) is 0 Å². The molecule has 1 aromatic rings. The minimum absolute atomic E-state index is 0.0697. The SMILES string of the molecule is CCOC(=O)N1CCN(C(=O)CCCN(c2ccc(OC)c(Cl)c2)S(C)(=O)=O)CC1. The second-order valence-electron chi connectivity index (χ2n) is 6.82. The second kappa shape index (κ2) is 10.7. The predicted molar refractivity (Wildman–Crippen MR) is 115 cm³/mol. The Morgan fingerprint density at radius 3 is 2.33 bits per heavy atom. The summed E-state index contributed by atoms with van der Waals surface area (Å²) in [5.74, 6) is 0.380. The van der Waals surface area contributed by atoms with Crippen molar-refractivity contribution in [2.75, 3.05) is 57.0 Å². The summed E-state index contributed by atoms with van der Waals surface area (Å²) < 4.78 is 35.8. The Kier molecular flexibility index (Phi) is 8.60. The fourth-order valence-electron chi connectivity index (χ4n) is 3.18. The number of benzene rings is 1. The molecule has 0 aromatic heterocycles. The first-order valence-electron chi connectivity index (χ1n) is 9.68. The molecular weight excluding hydrogens is 434 g/mol. The molecular formula is C19H28ClN3O6S. The van der Waals surface area contributed by atoms with Gasteiger partial charge >= 0.3 is 6.09 Å². The number of rotatable bonds is 8. The van der Waals surface area contributed by atoms with Crippen LogP contribution in [0.4, 0.5) is 10.5 Å². The zero-order valence-corrected chi connectivity index (χ0v) is 19.0. The van der Waals surface area contributed by atoms with Crippen LogP contribution in [0.15, 0.2) is 18.2 Å². The lowest BCUT2D eigenvalue weighted by Gasteiger charge is -2.34. The van der Waals surface area contributed by atoms with Gasteiger partial charge in [-0.2, -0.15) is 0 Å². The van der Waals surface area contributed by atoms with Crippen LogP contribution >= 0.6 is 11.6 Å². The fourth-order valence-corrected chi connectivity index (χ4v) is 4.39. The number of carbonyl (C=O) groups is 2. The Hall–Kier alpha value is -2.20. The molecule has 30 heavy (non-hydrogen) atoms. The molecule has 1 heterocycles. The van der Waals surface area contributed by atoms with Crippen molar-refractivity contribution in [2.24, 2.45) is 0 Å². The molecule has 0 N–H and O–H groups in total. The van der Waals surface area contributed by atoms with E-state index in [1.807, 2.05) is 0 Å². The lowest BCUT2D eigenvalue weighted by molar-refractivity contribution is -0.132. The highest BCUT2D eigenvalue weighted by molar-refractivity contribution is 7.92. The topological polar surface area (TPSA) is 96.5 Å². The van der Waals surface area contributed by atoms with Crippen molar-refractivity contribution in [3.05, 3.63) is 23.2 Å². The number of ether oxygens (including phenoxy) is 2. The molecule has 1 aliphatic heterocycles. The minimum Gasteiger partial charge on any atom is -0.495 e. The maximum Gasteiger partial charge on any atom is 0.409 e. The Morgan fingerprint density at radius 1 is 1.17 bits per heavy atom. The summed E-state index contributed by atoms with van der Waals surface area (Å²) in [6.45, 7) is 3.92. The van der Waals surface area contributed by atoms with Crippen molar-refractivity contribution in [1.29, 1.82) is 0 Å². The second-order valence-corrected chi connectivity index (χ2v) is 9.14. The molecule has 9 nitrogen and oxygen atoms in total. The van der Waals surface area contributed by atoms with Crippen molar-refractivity contribution in [3.63, 3.8) is 0 Å². The van der Waals surface area contributed by atoms with E-state index in [9.17, 15) is 18.0 Å². The van der Waals surface area contributed by atoms with Crippen LogP contribution < -0.4 is 9.04 Å². The summed E-state index contributed by atoms with van der Waals surface area (Å²) >= 11 is 6.12. The molecule has 0 atom stereocenters. The van der Waals surface area contributed by atoms with Gasteiger partial charge in [0.2, 0.25) is 15.9 Å². The highest BCUT2D eigenvalue weighted by Gasteiger charge is 2.25. The summed E-state index contributed by atoms with van der Waals surface area (Å²) in [7, 11) is -2.07. The molecule has 1 fully saturated rings. The third-order valence-electron chi connectivity index (χ3n) is 4.73. The van der Waals surface area contributed by atoms with Crippen molar-refractivity contribution in [3.8, 4) is 5.75 Å². The highest BCUT2D eigenvalue weighted by Crippen LogP contribution is 2.30. The van der Waals surface area contributed by atoms with Crippen LogP contribution in [-0.4, -0.2) is 82.9 Å². The number of hydrogen-bond donors (Lipinski definition) is 0. The molecule has 11 heteroatoms.